The van der Waals surface area contributed by atoms with Crippen molar-refractivity contribution in [1.29, 1.82) is 0 Å². The van der Waals surface area contributed by atoms with E-state index in [2.05, 4.69) is 10.1 Å². The average molecular weight is 322 g/mol. The summed E-state index contributed by atoms with van der Waals surface area (Å²) in [6.07, 6.45) is 0. The Kier molecular flexibility index (Phi) is 6.06. The molecule has 0 radical (unpaired) electrons. The van der Waals surface area contributed by atoms with E-state index in [1.54, 1.807) is 0 Å². The highest BCUT2D eigenvalue weighted by Crippen LogP contribution is 2.33. The number of carbonyl (C=O) groups is 2. The van der Waals surface area contributed by atoms with Crippen LogP contribution in [0.25, 0.3) is 0 Å². The second-order valence-corrected chi connectivity index (χ2v) is 4.52. The minimum atomic E-state index is -1.16. The van der Waals surface area contributed by atoms with Gasteiger partial charge in [-0.05, 0) is 12.1 Å². The topological polar surface area (TPSA) is 84.9 Å². The SMILES string of the molecule is COC(=O)C(CO)NC(=O)c1cc(Cl)c(OC)c(Cl)c1. The summed E-state index contributed by atoms with van der Waals surface area (Å²) in [7, 11) is 2.55. The first-order valence-corrected chi connectivity index (χ1v) is 6.22. The van der Waals surface area contributed by atoms with Crippen molar-refractivity contribution in [3.8, 4) is 5.75 Å². The minimum Gasteiger partial charge on any atom is -0.494 e. The molecular weight excluding hydrogens is 309 g/mol. The van der Waals surface area contributed by atoms with E-state index in [1.807, 2.05) is 0 Å². The van der Waals surface area contributed by atoms with Gasteiger partial charge in [0.2, 0.25) is 0 Å². The number of ether oxygens (including phenoxy) is 2. The molecule has 0 spiro atoms. The van der Waals surface area contributed by atoms with E-state index in [0.29, 0.717) is 0 Å². The number of aliphatic hydroxyl groups is 1. The molecule has 0 bridgehead atoms. The van der Waals surface area contributed by atoms with Gasteiger partial charge in [-0.15, -0.1) is 0 Å². The summed E-state index contributed by atoms with van der Waals surface area (Å²) in [5, 5.41) is 11.6. The predicted molar refractivity (Wildman–Crippen MR) is 73.4 cm³/mol. The number of carbonyl (C=O) groups excluding carboxylic acids is 2. The van der Waals surface area contributed by atoms with E-state index in [-0.39, 0.29) is 21.4 Å². The molecule has 0 saturated carbocycles. The highest BCUT2D eigenvalue weighted by molar-refractivity contribution is 6.37. The van der Waals surface area contributed by atoms with Crippen LogP contribution in [0.5, 0.6) is 5.75 Å². The van der Waals surface area contributed by atoms with Crippen LogP contribution < -0.4 is 10.1 Å². The Morgan fingerprint density at radius 3 is 2.25 bits per heavy atom. The fraction of sp³-hybridized carbons (Fsp3) is 0.333. The van der Waals surface area contributed by atoms with E-state index in [0.717, 1.165) is 7.11 Å². The van der Waals surface area contributed by atoms with E-state index < -0.39 is 24.5 Å². The third-order valence-corrected chi connectivity index (χ3v) is 3.00. The van der Waals surface area contributed by atoms with Gasteiger partial charge in [-0.3, -0.25) is 4.79 Å². The lowest BCUT2D eigenvalue weighted by molar-refractivity contribution is -0.143. The van der Waals surface area contributed by atoms with Crippen LogP contribution in [0.4, 0.5) is 0 Å². The quantitative estimate of drug-likeness (QED) is 0.798. The first kappa shape index (κ1) is 16.6. The molecule has 8 heteroatoms. The second-order valence-electron chi connectivity index (χ2n) is 3.70. The molecule has 1 atom stereocenters. The van der Waals surface area contributed by atoms with E-state index in [9.17, 15) is 9.59 Å². The normalized spacial score (nSPS) is 11.7. The zero-order valence-corrected chi connectivity index (χ0v) is 12.3. The van der Waals surface area contributed by atoms with Gasteiger partial charge in [-0.2, -0.15) is 0 Å². The molecule has 0 aliphatic heterocycles. The van der Waals surface area contributed by atoms with E-state index >= 15 is 0 Å². The van der Waals surface area contributed by atoms with Crippen LogP contribution in [0.15, 0.2) is 12.1 Å². The fourth-order valence-electron chi connectivity index (χ4n) is 1.45. The van der Waals surface area contributed by atoms with Crippen molar-refractivity contribution in [3.05, 3.63) is 27.7 Å². The first-order valence-electron chi connectivity index (χ1n) is 5.47. The van der Waals surface area contributed by atoms with Gasteiger partial charge in [-0.1, -0.05) is 23.2 Å². The van der Waals surface area contributed by atoms with Crippen LogP contribution in [0, 0.1) is 0 Å². The third-order valence-electron chi connectivity index (χ3n) is 2.44. The third kappa shape index (κ3) is 3.75. The largest absolute Gasteiger partial charge is 0.494 e. The number of aliphatic hydroxyl groups excluding tert-OH is 1. The maximum absolute atomic E-state index is 12.0. The molecule has 0 aliphatic carbocycles. The standard InChI is InChI=1S/C12H13Cl2NO5/c1-19-10-7(13)3-6(4-8(10)14)11(17)15-9(5-16)12(18)20-2/h3-4,9,16H,5H2,1-2H3,(H,15,17). The maximum Gasteiger partial charge on any atom is 0.330 e. The summed E-state index contributed by atoms with van der Waals surface area (Å²) in [5.41, 5.74) is 0.128. The van der Waals surface area contributed by atoms with Crippen molar-refractivity contribution in [3.63, 3.8) is 0 Å². The summed E-state index contributed by atoms with van der Waals surface area (Å²) in [6.45, 7) is -0.587. The summed E-state index contributed by atoms with van der Waals surface area (Å²) < 4.78 is 9.40. The summed E-state index contributed by atoms with van der Waals surface area (Å²) in [5.74, 6) is -1.14. The molecule has 0 aliphatic rings. The Hall–Kier alpha value is -1.50. The summed E-state index contributed by atoms with van der Waals surface area (Å²) in [4.78, 5) is 23.2. The lowest BCUT2D eigenvalue weighted by Gasteiger charge is -2.14. The zero-order valence-electron chi connectivity index (χ0n) is 10.8. The van der Waals surface area contributed by atoms with Gasteiger partial charge in [0, 0.05) is 5.56 Å². The van der Waals surface area contributed by atoms with Crippen molar-refractivity contribution in [2.75, 3.05) is 20.8 Å². The van der Waals surface area contributed by atoms with Crippen LogP contribution in [0.2, 0.25) is 10.0 Å². The van der Waals surface area contributed by atoms with Gasteiger partial charge in [0.1, 0.15) is 0 Å². The summed E-state index contributed by atoms with van der Waals surface area (Å²) >= 11 is 11.8. The van der Waals surface area contributed by atoms with Crippen molar-refractivity contribution in [1.82, 2.24) is 5.32 Å². The number of halogens is 2. The van der Waals surface area contributed by atoms with Crippen LogP contribution >= 0.6 is 23.2 Å². The number of hydrogen-bond donors (Lipinski definition) is 2. The maximum atomic E-state index is 12.0. The molecule has 1 aromatic rings. The molecule has 1 aromatic carbocycles. The highest BCUT2D eigenvalue weighted by atomic mass is 35.5. The molecule has 110 valence electrons. The minimum absolute atomic E-state index is 0.128. The number of amides is 1. The second kappa shape index (κ2) is 7.33. The van der Waals surface area contributed by atoms with Crippen LogP contribution in [-0.4, -0.2) is 43.9 Å². The molecule has 2 N–H and O–H groups in total. The molecule has 20 heavy (non-hydrogen) atoms. The van der Waals surface area contributed by atoms with Crippen LogP contribution in [-0.2, 0) is 9.53 Å². The lowest BCUT2D eigenvalue weighted by atomic mass is 10.2. The molecule has 1 amide bonds. The smallest absolute Gasteiger partial charge is 0.330 e. The Morgan fingerprint density at radius 2 is 1.85 bits per heavy atom. The van der Waals surface area contributed by atoms with Crippen molar-refractivity contribution >= 4 is 35.1 Å². The van der Waals surface area contributed by atoms with Gasteiger partial charge in [0.05, 0.1) is 30.9 Å². The molecule has 1 rings (SSSR count). The van der Waals surface area contributed by atoms with E-state index in [1.165, 1.54) is 19.2 Å². The van der Waals surface area contributed by atoms with Gasteiger partial charge in [0.15, 0.2) is 11.8 Å². The molecule has 0 aromatic heterocycles. The van der Waals surface area contributed by atoms with E-state index in [4.69, 9.17) is 33.0 Å². The monoisotopic (exact) mass is 321 g/mol. The number of hydrogen-bond acceptors (Lipinski definition) is 5. The first-order chi connectivity index (χ1) is 9.44. The number of esters is 1. The Labute approximate surface area is 125 Å². The van der Waals surface area contributed by atoms with Crippen molar-refractivity contribution in [2.45, 2.75) is 6.04 Å². The average Bonchev–Trinajstić information content (AvgIpc) is 2.43. The molecule has 0 fully saturated rings. The van der Waals surface area contributed by atoms with Crippen molar-refractivity contribution in [2.24, 2.45) is 0 Å². The Bertz CT molecular complexity index is 498. The van der Waals surface area contributed by atoms with Gasteiger partial charge in [0.25, 0.3) is 5.91 Å². The number of nitrogens with one attached hydrogen (secondary N) is 1. The fourth-order valence-corrected chi connectivity index (χ4v) is 2.09. The van der Waals surface area contributed by atoms with Gasteiger partial charge < -0.3 is 19.9 Å². The Balaban J connectivity index is 2.95. The number of rotatable bonds is 5. The highest BCUT2D eigenvalue weighted by Gasteiger charge is 2.22. The van der Waals surface area contributed by atoms with Crippen LogP contribution in [0.3, 0.4) is 0 Å². The van der Waals surface area contributed by atoms with Gasteiger partial charge in [-0.25, -0.2) is 4.79 Å². The Morgan fingerprint density at radius 1 is 1.30 bits per heavy atom. The summed E-state index contributed by atoms with van der Waals surface area (Å²) in [6, 6.07) is 1.52. The predicted octanol–water partition coefficient (Wildman–Crippen LogP) is 1.27. The number of benzene rings is 1. The molecule has 0 saturated heterocycles. The van der Waals surface area contributed by atoms with Crippen LogP contribution in [0.1, 0.15) is 10.4 Å². The zero-order chi connectivity index (χ0) is 15.3. The lowest BCUT2D eigenvalue weighted by Crippen LogP contribution is -2.44. The van der Waals surface area contributed by atoms with Crippen molar-refractivity contribution < 1.29 is 24.2 Å². The number of methoxy groups -OCH3 is 2. The molecule has 0 heterocycles. The molecular formula is C12H13Cl2NO5. The molecule has 6 nitrogen and oxygen atoms in total. The van der Waals surface area contributed by atoms with Gasteiger partial charge >= 0.3 is 5.97 Å². The molecule has 1 unspecified atom stereocenters.